The SMILES string of the molecule is C[C@H]1[C@@H]2[C@@H](O)[C@@H]([C@H](C)C(=O)NC3CC3)CC[C@@]2(C)CC[C@@H]1NC(=O)c1cnccn1. The molecule has 3 fully saturated rings. The quantitative estimate of drug-likeness (QED) is 0.686. The highest BCUT2D eigenvalue weighted by Crippen LogP contribution is 2.55. The summed E-state index contributed by atoms with van der Waals surface area (Å²) in [5.41, 5.74) is 0.348. The Balaban J connectivity index is 1.46. The Bertz CT molecular complexity index is 784. The van der Waals surface area contributed by atoms with Gasteiger partial charge in [-0.15, -0.1) is 0 Å². The van der Waals surface area contributed by atoms with Crippen LogP contribution >= 0.6 is 0 Å². The van der Waals surface area contributed by atoms with Crippen molar-refractivity contribution < 1.29 is 14.7 Å². The molecule has 7 atom stereocenters. The lowest BCUT2D eigenvalue weighted by molar-refractivity contribution is -0.142. The first-order valence-electron chi connectivity index (χ1n) is 11.4. The lowest BCUT2D eigenvalue weighted by Crippen LogP contribution is -2.58. The molecule has 0 unspecified atom stereocenters. The second-order valence-corrected chi connectivity index (χ2v) is 10.0. The van der Waals surface area contributed by atoms with E-state index in [4.69, 9.17) is 0 Å². The average Bonchev–Trinajstić information content (AvgIpc) is 3.54. The van der Waals surface area contributed by atoms with E-state index >= 15 is 0 Å². The van der Waals surface area contributed by atoms with Crippen LogP contribution in [-0.2, 0) is 4.79 Å². The van der Waals surface area contributed by atoms with Gasteiger partial charge in [-0.2, -0.15) is 0 Å². The highest BCUT2D eigenvalue weighted by atomic mass is 16.3. The molecule has 0 radical (unpaired) electrons. The Kier molecular flexibility index (Phi) is 5.84. The van der Waals surface area contributed by atoms with Crippen LogP contribution < -0.4 is 10.6 Å². The van der Waals surface area contributed by atoms with Crippen molar-refractivity contribution in [3.8, 4) is 0 Å². The molecular formula is C23H34N4O3. The predicted molar refractivity (Wildman–Crippen MR) is 112 cm³/mol. The Morgan fingerprint density at radius 3 is 2.57 bits per heavy atom. The number of aromatic nitrogens is 2. The van der Waals surface area contributed by atoms with Crippen LogP contribution in [0.3, 0.4) is 0 Å². The van der Waals surface area contributed by atoms with Crippen molar-refractivity contribution in [3.63, 3.8) is 0 Å². The summed E-state index contributed by atoms with van der Waals surface area (Å²) in [6.07, 6.45) is 9.84. The van der Waals surface area contributed by atoms with Gasteiger partial charge in [-0.1, -0.05) is 20.8 Å². The molecule has 4 rings (SSSR count). The van der Waals surface area contributed by atoms with E-state index in [-0.39, 0.29) is 46.9 Å². The van der Waals surface area contributed by atoms with Gasteiger partial charge in [0, 0.05) is 30.4 Å². The van der Waals surface area contributed by atoms with Crippen molar-refractivity contribution in [2.45, 2.75) is 77.5 Å². The summed E-state index contributed by atoms with van der Waals surface area (Å²) in [5, 5.41) is 17.6. The minimum atomic E-state index is -0.546. The van der Waals surface area contributed by atoms with Gasteiger partial charge < -0.3 is 15.7 Å². The minimum absolute atomic E-state index is 0.0263. The molecule has 3 saturated carbocycles. The third-order valence-corrected chi connectivity index (χ3v) is 7.98. The number of aliphatic hydroxyl groups is 1. The van der Waals surface area contributed by atoms with Crippen LogP contribution in [0.4, 0.5) is 0 Å². The molecule has 0 saturated heterocycles. The van der Waals surface area contributed by atoms with E-state index in [9.17, 15) is 14.7 Å². The van der Waals surface area contributed by atoms with Crippen LogP contribution in [0.1, 0.15) is 69.8 Å². The lowest BCUT2D eigenvalue weighted by atomic mass is 9.51. The smallest absolute Gasteiger partial charge is 0.271 e. The zero-order valence-electron chi connectivity index (χ0n) is 18.2. The maximum Gasteiger partial charge on any atom is 0.271 e. The fraction of sp³-hybridized carbons (Fsp3) is 0.739. The van der Waals surface area contributed by atoms with Gasteiger partial charge in [0.25, 0.3) is 5.91 Å². The number of carbonyl (C=O) groups excluding carboxylic acids is 2. The van der Waals surface area contributed by atoms with Crippen LogP contribution in [-0.4, -0.2) is 45.1 Å². The molecule has 0 bridgehead atoms. The average molecular weight is 415 g/mol. The van der Waals surface area contributed by atoms with Crippen molar-refractivity contribution in [1.29, 1.82) is 0 Å². The molecule has 3 N–H and O–H groups in total. The number of amides is 2. The Morgan fingerprint density at radius 1 is 1.17 bits per heavy atom. The number of carbonyl (C=O) groups is 2. The van der Waals surface area contributed by atoms with Crippen LogP contribution in [0.2, 0.25) is 0 Å². The van der Waals surface area contributed by atoms with Crippen molar-refractivity contribution in [1.82, 2.24) is 20.6 Å². The van der Waals surface area contributed by atoms with Gasteiger partial charge in [-0.25, -0.2) is 4.98 Å². The van der Waals surface area contributed by atoms with E-state index in [1.807, 2.05) is 6.92 Å². The van der Waals surface area contributed by atoms with Gasteiger partial charge in [0.2, 0.25) is 5.91 Å². The maximum absolute atomic E-state index is 12.6. The summed E-state index contributed by atoms with van der Waals surface area (Å²) in [6.45, 7) is 6.35. The Morgan fingerprint density at radius 2 is 1.90 bits per heavy atom. The summed E-state index contributed by atoms with van der Waals surface area (Å²) in [5.74, 6) is -0.233. The fourth-order valence-corrected chi connectivity index (χ4v) is 5.91. The molecule has 2 amide bonds. The van der Waals surface area contributed by atoms with E-state index in [0.717, 1.165) is 38.5 Å². The third kappa shape index (κ3) is 4.09. The molecule has 1 heterocycles. The van der Waals surface area contributed by atoms with Gasteiger partial charge >= 0.3 is 0 Å². The molecule has 30 heavy (non-hydrogen) atoms. The highest BCUT2D eigenvalue weighted by molar-refractivity contribution is 5.92. The van der Waals surface area contributed by atoms with E-state index in [1.54, 1.807) is 6.20 Å². The first-order valence-corrected chi connectivity index (χ1v) is 11.4. The summed E-state index contributed by atoms with van der Waals surface area (Å²) < 4.78 is 0. The summed E-state index contributed by atoms with van der Waals surface area (Å²) in [7, 11) is 0. The lowest BCUT2D eigenvalue weighted by Gasteiger charge is -2.56. The predicted octanol–water partition coefficient (Wildman–Crippen LogP) is 2.31. The second kappa shape index (κ2) is 8.25. The van der Waals surface area contributed by atoms with Gasteiger partial charge in [0.05, 0.1) is 12.3 Å². The molecular weight excluding hydrogens is 380 g/mol. The number of fused-ring (bicyclic) bond motifs is 1. The molecule has 3 aliphatic rings. The first-order chi connectivity index (χ1) is 14.3. The molecule has 1 aromatic heterocycles. The molecule has 1 aromatic rings. The van der Waals surface area contributed by atoms with Crippen molar-refractivity contribution >= 4 is 11.8 Å². The monoisotopic (exact) mass is 414 g/mol. The summed E-state index contributed by atoms with van der Waals surface area (Å²) in [6, 6.07) is 0.307. The Labute approximate surface area is 178 Å². The number of hydrogen-bond acceptors (Lipinski definition) is 5. The number of nitrogens with one attached hydrogen (secondary N) is 2. The van der Waals surface area contributed by atoms with Gasteiger partial charge in [0.15, 0.2) is 0 Å². The zero-order chi connectivity index (χ0) is 21.5. The van der Waals surface area contributed by atoms with Crippen LogP contribution in [0.25, 0.3) is 0 Å². The van der Waals surface area contributed by atoms with E-state index in [2.05, 4.69) is 34.4 Å². The summed E-state index contributed by atoms with van der Waals surface area (Å²) >= 11 is 0. The number of aliphatic hydroxyl groups excluding tert-OH is 1. The van der Waals surface area contributed by atoms with Gasteiger partial charge in [-0.3, -0.25) is 14.6 Å². The van der Waals surface area contributed by atoms with Crippen LogP contribution in [0.15, 0.2) is 18.6 Å². The molecule has 3 aliphatic carbocycles. The van der Waals surface area contributed by atoms with Crippen LogP contribution in [0, 0.1) is 29.1 Å². The number of nitrogens with zero attached hydrogens (tertiary/aromatic N) is 2. The second-order valence-electron chi connectivity index (χ2n) is 10.0. The third-order valence-electron chi connectivity index (χ3n) is 7.98. The Hall–Kier alpha value is -2.02. The zero-order valence-corrected chi connectivity index (χ0v) is 18.2. The largest absolute Gasteiger partial charge is 0.392 e. The molecule has 7 nitrogen and oxygen atoms in total. The minimum Gasteiger partial charge on any atom is -0.392 e. The molecule has 0 spiro atoms. The standard InChI is InChI=1S/C23H34N4O3/c1-13(21(29)26-15-4-5-15)16-6-8-23(3)9-7-17(14(2)19(23)20(16)28)27-22(30)18-12-24-10-11-25-18/h10-17,19-20,28H,4-9H2,1-3H3,(H,26,29)(H,27,30)/t13-,14+,16+,17-,19+,20-,23-/m0/s1. The molecule has 0 aromatic carbocycles. The number of hydrogen-bond donors (Lipinski definition) is 3. The first kappa shape index (κ1) is 21.2. The van der Waals surface area contributed by atoms with E-state index in [0.29, 0.717) is 11.7 Å². The normalized spacial score (nSPS) is 37.0. The van der Waals surface area contributed by atoms with E-state index < -0.39 is 6.10 Å². The highest BCUT2D eigenvalue weighted by Gasteiger charge is 2.54. The maximum atomic E-state index is 12.6. The van der Waals surface area contributed by atoms with Crippen LogP contribution in [0.5, 0.6) is 0 Å². The van der Waals surface area contributed by atoms with Crippen molar-refractivity contribution in [3.05, 3.63) is 24.3 Å². The molecule has 0 aliphatic heterocycles. The summed E-state index contributed by atoms with van der Waals surface area (Å²) in [4.78, 5) is 33.3. The number of rotatable bonds is 5. The molecule has 7 heteroatoms. The molecule has 164 valence electrons. The van der Waals surface area contributed by atoms with Crippen molar-refractivity contribution in [2.24, 2.45) is 29.1 Å². The van der Waals surface area contributed by atoms with E-state index in [1.165, 1.54) is 12.4 Å². The van der Waals surface area contributed by atoms with Gasteiger partial charge in [-0.05, 0) is 61.7 Å². The van der Waals surface area contributed by atoms with Gasteiger partial charge in [0.1, 0.15) is 5.69 Å². The topological polar surface area (TPSA) is 104 Å². The fourth-order valence-electron chi connectivity index (χ4n) is 5.91. The van der Waals surface area contributed by atoms with Crippen molar-refractivity contribution in [2.75, 3.05) is 0 Å².